The average Bonchev–Trinajstić information content (AvgIpc) is 3.01. The Labute approximate surface area is 124 Å². The summed E-state index contributed by atoms with van der Waals surface area (Å²) < 4.78 is 11.3. The van der Waals surface area contributed by atoms with E-state index in [9.17, 15) is 4.79 Å². The quantitative estimate of drug-likeness (QED) is 0.786. The minimum absolute atomic E-state index is 0.0400. The number of carbonyl (C=O) groups is 1. The fourth-order valence-electron chi connectivity index (χ4n) is 2.67. The fourth-order valence-corrected chi connectivity index (χ4v) is 2.67. The van der Waals surface area contributed by atoms with Gasteiger partial charge in [-0.3, -0.25) is 4.79 Å². The molecular formula is C18H18O3. The van der Waals surface area contributed by atoms with Gasteiger partial charge in [0.15, 0.2) is 5.78 Å². The summed E-state index contributed by atoms with van der Waals surface area (Å²) in [6, 6.07) is 15.3. The molecule has 2 aromatic rings. The van der Waals surface area contributed by atoms with Crippen molar-refractivity contribution < 1.29 is 14.3 Å². The zero-order chi connectivity index (χ0) is 14.7. The van der Waals surface area contributed by atoms with Gasteiger partial charge in [0.05, 0.1) is 12.2 Å². The molecule has 0 spiro atoms. The van der Waals surface area contributed by atoms with Crippen LogP contribution in [0, 0.1) is 0 Å². The lowest BCUT2D eigenvalue weighted by Gasteiger charge is -2.17. The number of carbonyl (C=O) groups excluding carboxylic acids is 1. The largest absolute Gasteiger partial charge is 0.492 e. The molecule has 3 nitrogen and oxygen atoms in total. The van der Waals surface area contributed by atoms with E-state index in [1.165, 1.54) is 0 Å². The molecule has 0 bridgehead atoms. The first kappa shape index (κ1) is 13.8. The summed E-state index contributed by atoms with van der Waals surface area (Å²) >= 11 is 0. The van der Waals surface area contributed by atoms with E-state index < -0.39 is 6.10 Å². The number of benzene rings is 2. The molecule has 0 fully saturated rings. The highest BCUT2D eigenvalue weighted by Crippen LogP contribution is 2.33. The van der Waals surface area contributed by atoms with Crippen molar-refractivity contribution in [1.29, 1.82) is 0 Å². The Bertz CT molecular complexity index is 634. The summed E-state index contributed by atoms with van der Waals surface area (Å²) in [6.07, 6.45) is 0.285. The lowest BCUT2D eigenvalue weighted by Crippen LogP contribution is -2.17. The van der Waals surface area contributed by atoms with Gasteiger partial charge in [-0.25, -0.2) is 0 Å². The molecule has 1 aliphatic rings. The van der Waals surface area contributed by atoms with Crippen LogP contribution in [0.3, 0.4) is 0 Å². The molecule has 1 unspecified atom stereocenters. The van der Waals surface area contributed by atoms with Crippen LogP contribution in [-0.4, -0.2) is 19.0 Å². The molecule has 0 N–H and O–H groups in total. The zero-order valence-electron chi connectivity index (χ0n) is 12.0. The van der Waals surface area contributed by atoms with Crippen molar-refractivity contribution in [2.75, 3.05) is 13.2 Å². The monoisotopic (exact) mass is 282 g/mol. The van der Waals surface area contributed by atoms with Crippen molar-refractivity contribution in [1.82, 2.24) is 0 Å². The molecular weight excluding hydrogens is 264 g/mol. The van der Waals surface area contributed by atoms with Gasteiger partial charge < -0.3 is 9.47 Å². The SMILES string of the molecule is CCOC(C(=O)c1cccc2c1OCC2)c1ccccc1. The molecule has 1 aliphatic heterocycles. The summed E-state index contributed by atoms with van der Waals surface area (Å²) in [7, 11) is 0. The van der Waals surface area contributed by atoms with Crippen LogP contribution in [0.1, 0.15) is 34.5 Å². The van der Waals surface area contributed by atoms with E-state index in [0.717, 1.165) is 23.3 Å². The molecule has 0 saturated carbocycles. The average molecular weight is 282 g/mol. The summed E-state index contributed by atoms with van der Waals surface area (Å²) in [5.41, 5.74) is 2.59. The van der Waals surface area contributed by atoms with Crippen LogP contribution in [0.15, 0.2) is 48.5 Å². The van der Waals surface area contributed by atoms with E-state index in [2.05, 4.69) is 0 Å². The van der Waals surface area contributed by atoms with Crippen LogP contribution in [0.25, 0.3) is 0 Å². The Morgan fingerprint density at radius 3 is 2.76 bits per heavy atom. The van der Waals surface area contributed by atoms with E-state index in [-0.39, 0.29) is 5.78 Å². The van der Waals surface area contributed by atoms with Crippen molar-refractivity contribution in [3.05, 3.63) is 65.2 Å². The number of Topliss-reactive ketones (excluding diaryl/α,β-unsaturated/α-hetero) is 1. The van der Waals surface area contributed by atoms with E-state index in [0.29, 0.717) is 18.8 Å². The minimum atomic E-state index is -0.577. The molecule has 0 aliphatic carbocycles. The number of rotatable bonds is 5. The van der Waals surface area contributed by atoms with Gasteiger partial charge in [-0.1, -0.05) is 42.5 Å². The lowest BCUT2D eigenvalue weighted by atomic mass is 9.97. The molecule has 21 heavy (non-hydrogen) atoms. The Morgan fingerprint density at radius 2 is 2.00 bits per heavy atom. The van der Waals surface area contributed by atoms with Gasteiger partial charge in [-0.2, -0.15) is 0 Å². The maximum atomic E-state index is 12.9. The molecule has 0 amide bonds. The molecule has 2 aromatic carbocycles. The van der Waals surface area contributed by atoms with Gasteiger partial charge >= 0.3 is 0 Å². The van der Waals surface area contributed by atoms with Gasteiger partial charge in [0, 0.05) is 13.0 Å². The summed E-state index contributed by atoms with van der Waals surface area (Å²) in [4.78, 5) is 12.9. The standard InChI is InChI=1S/C18H18O3/c1-2-20-18(13-7-4-3-5-8-13)16(19)15-10-6-9-14-11-12-21-17(14)15/h3-10,18H,2,11-12H2,1H3. The van der Waals surface area contributed by atoms with Gasteiger partial charge in [0.2, 0.25) is 0 Å². The molecule has 0 radical (unpaired) electrons. The highest BCUT2D eigenvalue weighted by Gasteiger charge is 2.27. The van der Waals surface area contributed by atoms with Crippen molar-refractivity contribution in [3.63, 3.8) is 0 Å². The topological polar surface area (TPSA) is 35.5 Å². The first-order valence-corrected chi connectivity index (χ1v) is 7.26. The third-order valence-corrected chi connectivity index (χ3v) is 3.65. The third kappa shape index (κ3) is 2.69. The van der Waals surface area contributed by atoms with Crippen LogP contribution in [0.5, 0.6) is 5.75 Å². The Balaban J connectivity index is 1.97. The Hall–Kier alpha value is -2.13. The molecule has 108 valence electrons. The van der Waals surface area contributed by atoms with Crippen LogP contribution >= 0.6 is 0 Å². The van der Waals surface area contributed by atoms with Gasteiger partial charge in [0.25, 0.3) is 0 Å². The molecule has 3 heteroatoms. The van der Waals surface area contributed by atoms with E-state index >= 15 is 0 Å². The number of fused-ring (bicyclic) bond motifs is 1. The predicted octanol–water partition coefficient (Wildman–Crippen LogP) is 3.58. The molecule has 1 atom stereocenters. The second-order valence-electron chi connectivity index (χ2n) is 5.00. The maximum Gasteiger partial charge on any atom is 0.199 e. The molecule has 0 aromatic heterocycles. The normalized spacial score (nSPS) is 14.3. The highest BCUT2D eigenvalue weighted by molar-refractivity contribution is 6.02. The summed E-state index contributed by atoms with van der Waals surface area (Å²) in [6.45, 7) is 3.03. The number of ether oxygens (including phenoxy) is 2. The fraction of sp³-hybridized carbons (Fsp3) is 0.278. The highest BCUT2D eigenvalue weighted by atomic mass is 16.5. The van der Waals surface area contributed by atoms with Crippen molar-refractivity contribution in [2.45, 2.75) is 19.4 Å². The summed E-state index contributed by atoms with van der Waals surface area (Å²) in [5, 5.41) is 0. The van der Waals surface area contributed by atoms with Crippen LogP contribution in [0.4, 0.5) is 0 Å². The molecule has 0 saturated heterocycles. The predicted molar refractivity (Wildman–Crippen MR) is 80.8 cm³/mol. The third-order valence-electron chi connectivity index (χ3n) is 3.65. The van der Waals surface area contributed by atoms with Gasteiger partial charge in [0.1, 0.15) is 11.9 Å². The van der Waals surface area contributed by atoms with Crippen molar-refractivity contribution >= 4 is 5.78 Å². The smallest absolute Gasteiger partial charge is 0.199 e. The Kier molecular flexibility index (Phi) is 4.02. The van der Waals surface area contributed by atoms with Crippen molar-refractivity contribution in [3.8, 4) is 5.75 Å². The lowest BCUT2D eigenvalue weighted by molar-refractivity contribution is 0.0450. The summed E-state index contributed by atoms with van der Waals surface area (Å²) in [5.74, 6) is 0.685. The second-order valence-corrected chi connectivity index (χ2v) is 5.00. The first-order valence-electron chi connectivity index (χ1n) is 7.26. The van der Waals surface area contributed by atoms with E-state index in [1.54, 1.807) is 0 Å². The van der Waals surface area contributed by atoms with Gasteiger partial charge in [-0.05, 0) is 24.1 Å². The van der Waals surface area contributed by atoms with Gasteiger partial charge in [-0.15, -0.1) is 0 Å². The van der Waals surface area contributed by atoms with E-state index in [1.807, 2.05) is 55.5 Å². The number of ketones is 1. The van der Waals surface area contributed by atoms with Crippen LogP contribution < -0.4 is 4.74 Å². The maximum absolute atomic E-state index is 12.9. The number of para-hydroxylation sites is 1. The Morgan fingerprint density at radius 1 is 1.19 bits per heavy atom. The first-order chi connectivity index (χ1) is 10.3. The minimum Gasteiger partial charge on any atom is -0.492 e. The van der Waals surface area contributed by atoms with Crippen LogP contribution in [-0.2, 0) is 11.2 Å². The number of hydrogen-bond acceptors (Lipinski definition) is 3. The zero-order valence-corrected chi connectivity index (χ0v) is 12.0. The second kappa shape index (κ2) is 6.10. The van der Waals surface area contributed by atoms with Crippen molar-refractivity contribution in [2.24, 2.45) is 0 Å². The van der Waals surface area contributed by atoms with E-state index in [4.69, 9.17) is 9.47 Å². The molecule has 3 rings (SSSR count). The molecule has 1 heterocycles. The number of hydrogen-bond donors (Lipinski definition) is 0. The van der Waals surface area contributed by atoms with Crippen LogP contribution in [0.2, 0.25) is 0 Å².